The normalized spacial score (nSPS) is 24.6. The number of alkyl halides is 1. The Hall–Kier alpha value is -3.91. The van der Waals surface area contributed by atoms with Gasteiger partial charge in [-0.2, -0.15) is 0 Å². The monoisotopic (exact) mass is 495 g/mol. The summed E-state index contributed by atoms with van der Waals surface area (Å²) in [4.78, 5) is 21.1. The van der Waals surface area contributed by atoms with Gasteiger partial charge in [-0.15, -0.1) is 6.42 Å². The number of amides is 1. The van der Waals surface area contributed by atoms with Gasteiger partial charge in [0.15, 0.2) is 5.17 Å². The quantitative estimate of drug-likeness (QED) is 0.481. The van der Waals surface area contributed by atoms with E-state index in [1.807, 2.05) is 0 Å². The summed E-state index contributed by atoms with van der Waals surface area (Å²) < 4.78 is 39.4. The highest BCUT2D eigenvalue weighted by atomic mass is 32.2. The molecule has 1 saturated carbocycles. The average Bonchev–Trinajstić information content (AvgIpc) is 3.34. The van der Waals surface area contributed by atoms with Crippen LogP contribution in [0.2, 0.25) is 0 Å². The van der Waals surface area contributed by atoms with Gasteiger partial charge in [0.05, 0.1) is 10.9 Å². The number of fused-ring (bicyclic) bond motifs is 1. The van der Waals surface area contributed by atoms with Crippen molar-refractivity contribution in [1.82, 2.24) is 10.1 Å². The topological polar surface area (TPSA) is 116 Å². The highest BCUT2D eigenvalue weighted by Crippen LogP contribution is 2.71. The Morgan fingerprint density at radius 3 is 2.91 bits per heavy atom. The Labute approximate surface area is 203 Å². The molecule has 3 N–H and O–H groups in total. The van der Waals surface area contributed by atoms with Crippen LogP contribution in [0, 0.1) is 24.1 Å². The Balaban J connectivity index is 1.44. The lowest BCUT2D eigenvalue weighted by Gasteiger charge is -2.34. The molecule has 0 radical (unpaired) electrons. The van der Waals surface area contributed by atoms with Crippen LogP contribution in [0.4, 0.5) is 14.5 Å². The Kier molecular flexibility index (Phi) is 5.68. The van der Waals surface area contributed by atoms with E-state index in [9.17, 15) is 9.18 Å². The van der Waals surface area contributed by atoms with E-state index in [1.165, 1.54) is 48.5 Å². The fourth-order valence-electron chi connectivity index (χ4n) is 4.46. The van der Waals surface area contributed by atoms with Gasteiger partial charge in [-0.3, -0.25) is 4.79 Å². The molecule has 35 heavy (non-hydrogen) atoms. The molecule has 1 aliphatic heterocycles. The van der Waals surface area contributed by atoms with Crippen LogP contribution in [0.3, 0.4) is 0 Å². The standard InChI is InChI=1S/C24H19F2N5O3S/c1-2-8-33-15-4-6-18(28-12-15)21(32)29-14-3-5-17(26)16(10-14)23(13-25)19-11-24(19,35-22(27)30-23)20-7-9-34-31-20/h1,3-7,9-10,12,19H,8,11,13H2,(H2,27,30)(H,29,32)/t19-,23+,24-/m0/s1. The Bertz CT molecular complexity index is 1340. The highest BCUT2D eigenvalue weighted by molar-refractivity contribution is 8.14. The molecule has 5 rings (SSSR count). The van der Waals surface area contributed by atoms with Crippen LogP contribution >= 0.6 is 11.8 Å². The van der Waals surface area contributed by atoms with Crippen molar-refractivity contribution in [3.05, 3.63) is 71.6 Å². The fraction of sp³-hybridized carbons (Fsp3) is 0.250. The second-order valence-corrected chi connectivity index (χ2v) is 9.51. The number of nitrogens with zero attached hydrogens (tertiary/aromatic N) is 3. The predicted molar refractivity (Wildman–Crippen MR) is 126 cm³/mol. The van der Waals surface area contributed by atoms with E-state index in [-0.39, 0.29) is 28.7 Å². The van der Waals surface area contributed by atoms with Crippen LogP contribution in [0.1, 0.15) is 28.2 Å². The lowest BCUT2D eigenvalue weighted by atomic mass is 9.84. The van der Waals surface area contributed by atoms with E-state index in [1.54, 1.807) is 12.1 Å². The number of pyridine rings is 1. The molecule has 1 amide bonds. The molecule has 1 fully saturated rings. The second kappa shape index (κ2) is 8.70. The van der Waals surface area contributed by atoms with Crippen molar-refractivity contribution in [2.75, 3.05) is 18.6 Å². The number of nitrogens with two attached hydrogens (primary N) is 1. The predicted octanol–water partition coefficient (Wildman–Crippen LogP) is 3.61. The molecule has 178 valence electrons. The molecule has 2 aromatic heterocycles. The first-order valence-corrected chi connectivity index (χ1v) is 11.4. The van der Waals surface area contributed by atoms with Crippen molar-refractivity contribution >= 4 is 28.5 Å². The van der Waals surface area contributed by atoms with Crippen LogP contribution in [0.5, 0.6) is 5.75 Å². The minimum absolute atomic E-state index is 0.00223. The smallest absolute Gasteiger partial charge is 0.274 e. The number of terminal acetylenes is 1. The van der Waals surface area contributed by atoms with Gasteiger partial charge in [0.1, 0.15) is 48.0 Å². The maximum Gasteiger partial charge on any atom is 0.274 e. The largest absolute Gasteiger partial charge is 0.479 e. The molecule has 3 atom stereocenters. The third-order valence-electron chi connectivity index (χ3n) is 6.14. The van der Waals surface area contributed by atoms with Gasteiger partial charge >= 0.3 is 0 Å². The number of ether oxygens (including phenoxy) is 1. The zero-order chi connectivity index (χ0) is 24.6. The number of aromatic nitrogens is 2. The maximum atomic E-state index is 15.1. The zero-order valence-corrected chi connectivity index (χ0v) is 19.0. The number of halogens is 2. The molecule has 11 heteroatoms. The summed E-state index contributed by atoms with van der Waals surface area (Å²) in [7, 11) is 0. The SMILES string of the molecule is C#CCOc1ccc(C(=O)Nc2ccc(F)c([C@@]3(CF)N=C(N)S[C@@]4(c5ccon5)C[C@@H]34)c2)nc1. The average molecular weight is 496 g/mol. The summed E-state index contributed by atoms with van der Waals surface area (Å²) in [5.41, 5.74) is 5.49. The lowest BCUT2D eigenvalue weighted by molar-refractivity contribution is 0.102. The minimum Gasteiger partial charge on any atom is -0.479 e. The van der Waals surface area contributed by atoms with Crippen molar-refractivity contribution in [3.8, 4) is 18.1 Å². The van der Waals surface area contributed by atoms with Gasteiger partial charge in [-0.1, -0.05) is 22.8 Å². The van der Waals surface area contributed by atoms with Crippen molar-refractivity contribution in [2.45, 2.75) is 16.7 Å². The highest BCUT2D eigenvalue weighted by Gasteiger charge is 2.70. The van der Waals surface area contributed by atoms with E-state index >= 15 is 4.39 Å². The number of aliphatic imine (C=N–C) groups is 1. The molecule has 8 nitrogen and oxygen atoms in total. The first-order valence-electron chi connectivity index (χ1n) is 10.6. The van der Waals surface area contributed by atoms with Crippen molar-refractivity contribution in [2.24, 2.45) is 16.6 Å². The van der Waals surface area contributed by atoms with Gasteiger partial charge in [-0.05, 0) is 36.8 Å². The van der Waals surface area contributed by atoms with Gasteiger partial charge in [-0.25, -0.2) is 18.8 Å². The maximum absolute atomic E-state index is 15.1. The fourth-order valence-corrected chi connectivity index (χ4v) is 5.84. The summed E-state index contributed by atoms with van der Waals surface area (Å²) in [6, 6.07) is 8.65. The van der Waals surface area contributed by atoms with Gasteiger partial charge in [0.2, 0.25) is 0 Å². The second-order valence-electron chi connectivity index (χ2n) is 8.16. The van der Waals surface area contributed by atoms with Crippen molar-refractivity contribution in [1.29, 1.82) is 0 Å². The van der Waals surface area contributed by atoms with Gasteiger partial charge in [0, 0.05) is 23.2 Å². The van der Waals surface area contributed by atoms with Crippen molar-refractivity contribution in [3.63, 3.8) is 0 Å². The van der Waals surface area contributed by atoms with Crippen LogP contribution in [0.25, 0.3) is 0 Å². The summed E-state index contributed by atoms with van der Waals surface area (Å²) in [5, 5.41) is 6.81. The molecule has 2 aliphatic rings. The third-order valence-corrected chi connectivity index (χ3v) is 7.46. The molecular formula is C24H19F2N5O3S. The van der Waals surface area contributed by atoms with Crippen molar-refractivity contribution < 1.29 is 22.8 Å². The minimum atomic E-state index is -1.56. The molecule has 3 heterocycles. The number of thioether (sulfide) groups is 1. The van der Waals surface area contributed by atoms with Crippen LogP contribution in [-0.2, 0) is 10.3 Å². The molecule has 0 saturated heterocycles. The number of rotatable bonds is 7. The number of anilines is 1. The third kappa shape index (κ3) is 3.89. The first-order chi connectivity index (χ1) is 16.9. The van der Waals surface area contributed by atoms with E-state index in [2.05, 4.69) is 26.4 Å². The molecular weight excluding hydrogens is 476 g/mol. The van der Waals surface area contributed by atoms with Gasteiger partial charge in [0.25, 0.3) is 5.91 Å². The van der Waals surface area contributed by atoms with E-state index in [0.29, 0.717) is 17.9 Å². The summed E-state index contributed by atoms with van der Waals surface area (Å²) in [5.74, 6) is 1.16. The zero-order valence-electron chi connectivity index (χ0n) is 18.2. The number of amidine groups is 1. The number of carbonyl (C=O) groups is 1. The number of nitrogens with one attached hydrogen (secondary N) is 1. The molecule has 0 spiro atoms. The first kappa shape index (κ1) is 22.9. The summed E-state index contributed by atoms with van der Waals surface area (Å²) in [6.07, 6.45) is 8.44. The van der Waals surface area contributed by atoms with Crippen LogP contribution in [-0.4, -0.2) is 34.5 Å². The van der Waals surface area contributed by atoms with Crippen LogP contribution < -0.4 is 15.8 Å². The molecule has 3 aromatic rings. The molecule has 0 bridgehead atoms. The summed E-state index contributed by atoms with van der Waals surface area (Å²) >= 11 is 1.27. The van der Waals surface area contributed by atoms with Gasteiger partial charge < -0.3 is 20.3 Å². The molecule has 1 aliphatic carbocycles. The Morgan fingerprint density at radius 2 is 2.23 bits per heavy atom. The molecule has 1 aromatic carbocycles. The summed E-state index contributed by atoms with van der Waals surface area (Å²) in [6.45, 7) is -0.903. The van der Waals surface area contributed by atoms with E-state index in [4.69, 9.17) is 21.4 Å². The number of benzene rings is 1. The number of hydrogen-bond donors (Lipinski definition) is 2. The van der Waals surface area contributed by atoms with E-state index < -0.39 is 34.6 Å². The Morgan fingerprint density at radius 1 is 1.37 bits per heavy atom. The number of hydrogen-bond acceptors (Lipinski definition) is 8. The lowest BCUT2D eigenvalue weighted by Crippen LogP contribution is -2.39. The number of carbonyl (C=O) groups excluding carboxylic acids is 1. The van der Waals surface area contributed by atoms with E-state index in [0.717, 1.165) is 0 Å². The molecule has 0 unspecified atom stereocenters. The van der Waals surface area contributed by atoms with Crippen LogP contribution in [0.15, 0.2) is 58.4 Å².